The van der Waals surface area contributed by atoms with Gasteiger partial charge >= 0.3 is 0 Å². The van der Waals surface area contributed by atoms with Gasteiger partial charge in [-0.15, -0.1) is 11.3 Å². The number of hydrogen-bond acceptors (Lipinski definition) is 1. The molecule has 0 N–H and O–H groups in total. The molecule has 0 bridgehead atoms. The highest BCUT2D eigenvalue weighted by Crippen LogP contribution is 2.39. The Bertz CT molecular complexity index is 1910. The van der Waals surface area contributed by atoms with Crippen molar-refractivity contribution in [2.75, 3.05) is 0 Å². The van der Waals surface area contributed by atoms with E-state index in [1.165, 1.54) is 114 Å². The molecule has 0 fully saturated rings. The van der Waals surface area contributed by atoms with E-state index in [1.54, 1.807) is 0 Å². The smallest absolute Gasteiger partial charge is 0.0361 e. The predicted molar refractivity (Wildman–Crippen MR) is 199 cm³/mol. The first-order valence-electron chi connectivity index (χ1n) is 17.1. The fraction of sp³-hybridized carbons (Fsp3) is 0.273. The summed E-state index contributed by atoms with van der Waals surface area (Å²) in [6, 6.07) is 42.4. The Morgan fingerprint density at radius 3 is 1.11 bits per heavy atom. The number of rotatable bonds is 12. The lowest BCUT2D eigenvalue weighted by Gasteiger charge is -2.07. The van der Waals surface area contributed by atoms with Crippen molar-refractivity contribution in [3.63, 3.8) is 0 Å². The fourth-order valence-electron chi connectivity index (χ4n) is 6.76. The number of benzene rings is 6. The van der Waals surface area contributed by atoms with Crippen LogP contribution in [0.4, 0.5) is 0 Å². The summed E-state index contributed by atoms with van der Waals surface area (Å²) in [5.74, 6) is 0. The molecule has 0 atom stereocenters. The average molecular weight is 605 g/mol. The van der Waals surface area contributed by atoms with Crippen LogP contribution in [-0.2, 0) is 38.5 Å². The summed E-state index contributed by atoms with van der Waals surface area (Å²) in [5, 5.41) is 8.14. The Balaban J connectivity index is 1.08. The van der Waals surface area contributed by atoms with Crippen molar-refractivity contribution in [2.45, 2.75) is 78.1 Å². The van der Waals surface area contributed by atoms with E-state index in [4.69, 9.17) is 0 Å². The van der Waals surface area contributed by atoms with Gasteiger partial charge in [-0.3, -0.25) is 0 Å². The lowest BCUT2D eigenvalue weighted by molar-refractivity contribution is 0.794. The van der Waals surface area contributed by atoms with E-state index in [-0.39, 0.29) is 0 Å². The Kier molecular flexibility index (Phi) is 8.99. The van der Waals surface area contributed by atoms with Gasteiger partial charge in [0, 0.05) is 20.2 Å². The Labute approximate surface area is 272 Å². The molecule has 7 rings (SSSR count). The van der Waals surface area contributed by atoms with Gasteiger partial charge in [0.1, 0.15) is 0 Å². The molecule has 7 aromatic rings. The molecular formula is C44H44S. The number of thiophene rings is 1. The highest BCUT2D eigenvalue weighted by molar-refractivity contribution is 7.26. The highest BCUT2D eigenvalue weighted by atomic mass is 32.1. The van der Waals surface area contributed by atoms with Crippen LogP contribution >= 0.6 is 11.3 Å². The SMILES string of the molecule is CCCCc1ccc(CCc2ccc3cc4c(cc3c2)sc2cc3cc(CCc5ccc(CCCC)cc5)ccc3cc24)cc1. The van der Waals surface area contributed by atoms with Crippen molar-refractivity contribution in [3.8, 4) is 0 Å². The van der Waals surface area contributed by atoms with Crippen molar-refractivity contribution in [1.82, 2.24) is 0 Å². The van der Waals surface area contributed by atoms with Crippen LogP contribution in [0.15, 0.2) is 109 Å². The molecule has 1 aromatic heterocycles. The van der Waals surface area contributed by atoms with Crippen molar-refractivity contribution in [2.24, 2.45) is 0 Å². The first kappa shape index (κ1) is 29.8. The summed E-state index contributed by atoms with van der Waals surface area (Å²) < 4.78 is 2.77. The Hall–Kier alpha value is -3.94. The summed E-state index contributed by atoms with van der Waals surface area (Å²) >= 11 is 1.94. The van der Waals surface area contributed by atoms with E-state index >= 15 is 0 Å². The van der Waals surface area contributed by atoms with Gasteiger partial charge in [0.25, 0.3) is 0 Å². The van der Waals surface area contributed by atoms with Crippen molar-refractivity contribution < 1.29 is 0 Å². The molecule has 45 heavy (non-hydrogen) atoms. The van der Waals surface area contributed by atoms with Gasteiger partial charge in [0.05, 0.1) is 0 Å². The zero-order valence-corrected chi connectivity index (χ0v) is 27.7. The van der Waals surface area contributed by atoms with Gasteiger partial charge in [0.15, 0.2) is 0 Å². The summed E-state index contributed by atoms with van der Waals surface area (Å²) in [5.41, 5.74) is 8.63. The standard InChI is InChI=1S/C44H44S/c1-3-5-7-31-9-13-33(14-10-31)17-19-35-21-23-37-27-41-42-28-38-24-22-36(20-18-34-15-11-32(12-16-34)8-6-4-2)26-40(38)30-44(42)45-43(41)29-39(37)25-35/h9-16,21-30H,3-8,17-20H2,1-2H3. The molecule has 0 saturated carbocycles. The molecule has 0 spiro atoms. The third-order valence-electron chi connectivity index (χ3n) is 9.60. The molecule has 1 heteroatoms. The maximum absolute atomic E-state index is 2.42. The van der Waals surface area contributed by atoms with Crippen LogP contribution in [0.2, 0.25) is 0 Å². The number of hydrogen-bond donors (Lipinski definition) is 0. The molecule has 226 valence electrons. The lowest BCUT2D eigenvalue weighted by atomic mass is 9.98. The first-order chi connectivity index (χ1) is 22.1. The van der Waals surface area contributed by atoms with Gasteiger partial charge in [-0.1, -0.05) is 112 Å². The third-order valence-corrected chi connectivity index (χ3v) is 10.7. The van der Waals surface area contributed by atoms with Crippen LogP contribution in [0.3, 0.4) is 0 Å². The first-order valence-corrected chi connectivity index (χ1v) is 17.9. The van der Waals surface area contributed by atoms with Crippen molar-refractivity contribution >= 4 is 53.1 Å². The monoisotopic (exact) mass is 604 g/mol. The summed E-state index contributed by atoms with van der Waals surface area (Å²) in [4.78, 5) is 0. The lowest BCUT2D eigenvalue weighted by Crippen LogP contribution is -1.93. The molecule has 0 radical (unpaired) electrons. The van der Waals surface area contributed by atoms with Gasteiger partial charge < -0.3 is 0 Å². The molecule has 0 aliphatic heterocycles. The third kappa shape index (κ3) is 6.85. The molecule has 0 nitrogen and oxygen atoms in total. The van der Waals surface area contributed by atoms with Gasteiger partial charge in [0.2, 0.25) is 0 Å². The second-order valence-corrected chi connectivity index (χ2v) is 14.1. The number of fused-ring (bicyclic) bond motifs is 5. The van der Waals surface area contributed by atoms with Crippen LogP contribution < -0.4 is 0 Å². The molecule has 0 aliphatic carbocycles. The van der Waals surface area contributed by atoms with E-state index in [0.29, 0.717) is 0 Å². The normalized spacial score (nSPS) is 11.8. The molecule has 0 amide bonds. The predicted octanol–water partition coefficient (Wildman–Crippen LogP) is 12.6. The second-order valence-electron chi connectivity index (χ2n) is 13.0. The topological polar surface area (TPSA) is 0 Å². The summed E-state index contributed by atoms with van der Waals surface area (Å²) in [6.45, 7) is 4.52. The molecule has 0 saturated heterocycles. The zero-order valence-electron chi connectivity index (χ0n) is 26.9. The Morgan fingerprint density at radius 2 is 0.711 bits per heavy atom. The van der Waals surface area contributed by atoms with E-state index in [2.05, 4.69) is 123 Å². The van der Waals surface area contributed by atoms with Gasteiger partial charge in [-0.2, -0.15) is 0 Å². The summed E-state index contributed by atoms with van der Waals surface area (Å²) in [6.07, 6.45) is 11.8. The van der Waals surface area contributed by atoms with E-state index < -0.39 is 0 Å². The highest BCUT2D eigenvalue weighted by Gasteiger charge is 2.10. The van der Waals surface area contributed by atoms with Gasteiger partial charge in [-0.05, 0) is 131 Å². The Morgan fingerprint density at radius 1 is 0.356 bits per heavy atom. The number of unbranched alkanes of at least 4 members (excludes halogenated alkanes) is 2. The van der Waals surface area contributed by atoms with Crippen LogP contribution in [-0.4, -0.2) is 0 Å². The molecular weight excluding hydrogens is 561 g/mol. The van der Waals surface area contributed by atoms with Crippen LogP contribution in [0.5, 0.6) is 0 Å². The molecule has 0 aliphatic rings. The maximum atomic E-state index is 2.42. The van der Waals surface area contributed by atoms with E-state index in [0.717, 1.165) is 25.7 Å². The molecule has 0 unspecified atom stereocenters. The van der Waals surface area contributed by atoms with Crippen LogP contribution in [0.25, 0.3) is 41.7 Å². The molecule has 6 aromatic carbocycles. The average Bonchev–Trinajstić information content (AvgIpc) is 3.42. The quantitative estimate of drug-likeness (QED) is 0.130. The minimum atomic E-state index is 1.08. The molecule has 1 heterocycles. The van der Waals surface area contributed by atoms with Gasteiger partial charge in [-0.25, -0.2) is 0 Å². The minimum Gasteiger partial charge on any atom is -0.135 e. The van der Waals surface area contributed by atoms with Crippen LogP contribution in [0.1, 0.15) is 72.9 Å². The van der Waals surface area contributed by atoms with Crippen molar-refractivity contribution in [3.05, 3.63) is 143 Å². The maximum Gasteiger partial charge on any atom is 0.0361 e. The zero-order chi connectivity index (χ0) is 30.6. The minimum absolute atomic E-state index is 1.08. The fourth-order valence-corrected chi connectivity index (χ4v) is 7.92. The largest absolute Gasteiger partial charge is 0.135 e. The summed E-state index contributed by atoms with van der Waals surface area (Å²) in [7, 11) is 0. The van der Waals surface area contributed by atoms with Crippen LogP contribution in [0, 0.1) is 0 Å². The van der Waals surface area contributed by atoms with E-state index in [1.807, 2.05) is 11.3 Å². The van der Waals surface area contributed by atoms with Crippen molar-refractivity contribution in [1.29, 1.82) is 0 Å². The van der Waals surface area contributed by atoms with E-state index in [9.17, 15) is 0 Å². The number of aryl methyl sites for hydroxylation is 6. The second kappa shape index (κ2) is 13.6.